The topological polar surface area (TPSA) is 120 Å². The number of pyridine rings is 1. The number of hydrogen-bond donors (Lipinski definition) is 3. The number of aliphatic carboxylic acids is 1. The summed E-state index contributed by atoms with van der Waals surface area (Å²) >= 11 is 0. The van der Waals surface area contributed by atoms with Crippen LogP contribution in [0.3, 0.4) is 0 Å². The number of halogens is 4. The van der Waals surface area contributed by atoms with Crippen LogP contribution >= 0.6 is 0 Å². The number of carboxylic acids is 1. The lowest BCUT2D eigenvalue weighted by molar-refractivity contribution is -0.139. The molecule has 0 radical (unpaired) electrons. The number of aromatic amines is 1. The van der Waals surface area contributed by atoms with Crippen LogP contribution < -0.4 is 10.9 Å². The first-order valence-electron chi connectivity index (χ1n) is 15.9. The number of aryl methyl sites for hydroxylation is 2. The lowest BCUT2D eigenvalue weighted by Crippen LogP contribution is -2.49. The van der Waals surface area contributed by atoms with Crippen molar-refractivity contribution in [3.05, 3.63) is 87.1 Å². The molecule has 3 heterocycles. The van der Waals surface area contributed by atoms with Crippen LogP contribution in [0.25, 0.3) is 22.2 Å². The third-order valence-electron chi connectivity index (χ3n) is 8.81. The second-order valence-electron chi connectivity index (χ2n) is 13.0. The summed E-state index contributed by atoms with van der Waals surface area (Å²) in [5.41, 5.74) is 2.92. The molecule has 2 aromatic carbocycles. The molecule has 48 heavy (non-hydrogen) atoms. The van der Waals surface area contributed by atoms with E-state index in [9.17, 15) is 37.1 Å². The summed E-state index contributed by atoms with van der Waals surface area (Å²) in [4.78, 5) is 48.7. The Morgan fingerprint density at radius 3 is 2.42 bits per heavy atom. The highest BCUT2D eigenvalue weighted by molar-refractivity contribution is 5.88. The summed E-state index contributed by atoms with van der Waals surface area (Å²) < 4.78 is 56.5. The number of hydrogen-bond acceptors (Lipinski definition) is 5. The van der Waals surface area contributed by atoms with E-state index in [-0.39, 0.29) is 44.0 Å². The minimum atomic E-state index is -4.82. The number of benzene rings is 2. The van der Waals surface area contributed by atoms with E-state index in [1.54, 1.807) is 11.0 Å². The lowest BCUT2D eigenvalue weighted by atomic mass is 9.91. The summed E-state index contributed by atoms with van der Waals surface area (Å²) in [6, 6.07) is 7.72. The highest BCUT2D eigenvalue weighted by Gasteiger charge is 2.36. The number of likely N-dealkylation sites (tertiary alicyclic amines) is 1. The fraction of sp³-hybridized carbons (Fsp3) is 0.429. The number of imidazole rings is 1. The van der Waals surface area contributed by atoms with Gasteiger partial charge in [-0.1, -0.05) is 32.0 Å². The largest absolute Gasteiger partial charge is 0.481 e. The maximum absolute atomic E-state index is 14.1. The highest BCUT2D eigenvalue weighted by Crippen LogP contribution is 2.35. The van der Waals surface area contributed by atoms with Crippen molar-refractivity contribution in [2.45, 2.75) is 71.4 Å². The first-order chi connectivity index (χ1) is 22.6. The third kappa shape index (κ3) is 7.61. The number of fused-ring (bicyclic) bond motifs is 1. The van der Waals surface area contributed by atoms with Crippen molar-refractivity contribution < 1.29 is 32.3 Å². The summed E-state index contributed by atoms with van der Waals surface area (Å²) in [6.07, 6.45) is -3.83. The number of amides is 1. The van der Waals surface area contributed by atoms with Gasteiger partial charge in [-0.3, -0.25) is 19.3 Å². The second-order valence-corrected chi connectivity index (χ2v) is 13.0. The summed E-state index contributed by atoms with van der Waals surface area (Å²) in [7, 11) is 0. The van der Waals surface area contributed by atoms with Gasteiger partial charge >= 0.3 is 12.1 Å². The number of aromatic nitrogens is 3. The molecule has 2 atom stereocenters. The van der Waals surface area contributed by atoms with Gasteiger partial charge in [-0.15, -0.1) is 0 Å². The van der Waals surface area contributed by atoms with Gasteiger partial charge < -0.3 is 20.0 Å². The van der Waals surface area contributed by atoms with Crippen molar-refractivity contribution in [2.24, 2.45) is 5.92 Å². The minimum Gasteiger partial charge on any atom is -0.481 e. The zero-order valence-electron chi connectivity index (χ0n) is 27.2. The van der Waals surface area contributed by atoms with Crippen LogP contribution in [0.5, 0.6) is 0 Å². The number of alkyl halides is 4. The lowest BCUT2D eigenvalue weighted by Gasteiger charge is -2.34. The Kier molecular flexibility index (Phi) is 10.1. The summed E-state index contributed by atoms with van der Waals surface area (Å²) in [6.45, 7) is 7.94. The molecule has 1 fully saturated rings. The predicted octanol–water partition coefficient (Wildman–Crippen LogP) is 6.14. The van der Waals surface area contributed by atoms with Gasteiger partial charge in [-0.2, -0.15) is 13.2 Å². The maximum atomic E-state index is 14.1. The molecule has 0 bridgehead atoms. The average Bonchev–Trinajstić information content (AvgIpc) is 3.45. The first-order valence-corrected chi connectivity index (χ1v) is 15.9. The molecule has 0 unspecified atom stereocenters. The van der Waals surface area contributed by atoms with E-state index in [2.05, 4.69) is 15.3 Å². The van der Waals surface area contributed by atoms with Crippen LogP contribution in [-0.2, 0) is 22.2 Å². The molecule has 256 valence electrons. The Hall–Kier alpha value is -4.52. The molecule has 9 nitrogen and oxygen atoms in total. The zero-order chi connectivity index (χ0) is 34.9. The number of nitrogens with zero attached hydrogens (tertiary/aromatic N) is 3. The van der Waals surface area contributed by atoms with E-state index in [0.717, 1.165) is 33.0 Å². The van der Waals surface area contributed by atoms with Gasteiger partial charge in [0.15, 0.2) is 0 Å². The van der Waals surface area contributed by atoms with Crippen molar-refractivity contribution in [3.8, 4) is 11.1 Å². The monoisotopic (exact) mass is 669 g/mol. The minimum absolute atomic E-state index is 0.0895. The number of H-pyrrole nitrogens is 1. The maximum Gasteiger partial charge on any atom is 0.416 e. The van der Waals surface area contributed by atoms with E-state index in [0.29, 0.717) is 22.7 Å². The Morgan fingerprint density at radius 1 is 1.12 bits per heavy atom. The number of rotatable bonds is 12. The van der Waals surface area contributed by atoms with Gasteiger partial charge in [0, 0.05) is 37.5 Å². The predicted molar refractivity (Wildman–Crippen MR) is 173 cm³/mol. The Bertz CT molecular complexity index is 1860. The SMILES string of the molecule is Cc1cccc(C)c1-c1cc([C@H](CC(=O)O)NC(=O)[C@@H](CC(C)C)n2cc(CCN3CC(F)C3)c(C(F)(F)F)cc2=O)c2nc[nH]c2c1. The molecule has 2 aromatic heterocycles. The molecule has 0 spiro atoms. The van der Waals surface area contributed by atoms with Crippen molar-refractivity contribution in [3.63, 3.8) is 0 Å². The van der Waals surface area contributed by atoms with Crippen molar-refractivity contribution in [2.75, 3.05) is 19.6 Å². The van der Waals surface area contributed by atoms with E-state index >= 15 is 0 Å². The molecule has 0 aliphatic carbocycles. The average molecular weight is 670 g/mol. The molecule has 1 amide bonds. The Labute approximate surface area is 275 Å². The van der Waals surface area contributed by atoms with Crippen LogP contribution in [-0.4, -0.2) is 62.2 Å². The smallest absolute Gasteiger partial charge is 0.416 e. The summed E-state index contributed by atoms with van der Waals surface area (Å²) in [5.74, 6) is -2.08. The standard InChI is InChI=1S/C35H39F4N5O4/c1-19(2)10-29(44-15-22(8-9-43-16-24(36)17-43)26(13-30(44)45)35(37,38)39)34(48)42-27(14-31(46)47)25-11-23(12-28-33(25)41-18-40-28)32-20(3)6-5-7-21(32)4/h5-7,11-13,15,18-19,24,27,29H,8-10,14,16-17H2,1-4H3,(H,40,41)(H,42,48)(H,46,47)/t27-,29+/m0/s1. The van der Waals surface area contributed by atoms with Gasteiger partial charge in [0.25, 0.3) is 5.56 Å². The van der Waals surface area contributed by atoms with Gasteiger partial charge in [-0.05, 0) is 72.6 Å². The van der Waals surface area contributed by atoms with Crippen LogP contribution in [0.15, 0.2) is 53.7 Å². The second kappa shape index (κ2) is 13.9. The zero-order valence-corrected chi connectivity index (χ0v) is 27.2. The highest BCUT2D eigenvalue weighted by atomic mass is 19.4. The van der Waals surface area contributed by atoms with Crippen LogP contribution in [0, 0.1) is 19.8 Å². The third-order valence-corrected chi connectivity index (χ3v) is 8.81. The van der Waals surface area contributed by atoms with E-state index in [1.165, 1.54) is 6.33 Å². The number of nitrogens with one attached hydrogen (secondary N) is 2. The van der Waals surface area contributed by atoms with Crippen molar-refractivity contribution in [1.82, 2.24) is 24.8 Å². The molecule has 5 rings (SSSR count). The van der Waals surface area contributed by atoms with Gasteiger partial charge in [-0.25, -0.2) is 9.37 Å². The normalized spacial score (nSPS) is 15.4. The number of carboxylic acid groups (broad SMARTS) is 1. The van der Waals surface area contributed by atoms with Gasteiger partial charge in [0.1, 0.15) is 12.2 Å². The molecule has 1 aliphatic heterocycles. The fourth-order valence-corrected chi connectivity index (χ4v) is 6.50. The van der Waals surface area contributed by atoms with Gasteiger partial charge in [0.2, 0.25) is 5.91 Å². The molecule has 1 saturated heterocycles. The molecule has 3 N–H and O–H groups in total. The quantitative estimate of drug-likeness (QED) is 0.156. The summed E-state index contributed by atoms with van der Waals surface area (Å²) in [5, 5.41) is 12.7. The van der Waals surface area contributed by atoms with Gasteiger partial charge in [0.05, 0.1) is 35.4 Å². The Morgan fingerprint density at radius 2 is 1.81 bits per heavy atom. The van der Waals surface area contributed by atoms with E-state index < -0.39 is 53.9 Å². The molecular weight excluding hydrogens is 630 g/mol. The molecule has 1 aliphatic rings. The van der Waals surface area contributed by atoms with Crippen LogP contribution in [0.1, 0.15) is 66.6 Å². The van der Waals surface area contributed by atoms with Crippen LogP contribution in [0.2, 0.25) is 0 Å². The molecule has 4 aromatic rings. The van der Waals surface area contributed by atoms with E-state index in [1.807, 2.05) is 52.0 Å². The fourth-order valence-electron chi connectivity index (χ4n) is 6.50. The molecule has 13 heteroatoms. The molecular formula is C35H39F4N5O4. The van der Waals surface area contributed by atoms with E-state index in [4.69, 9.17) is 0 Å². The number of carbonyl (C=O) groups is 2. The van der Waals surface area contributed by atoms with Crippen molar-refractivity contribution >= 4 is 22.9 Å². The number of carbonyl (C=O) groups excluding carboxylic acids is 1. The Balaban J connectivity index is 1.55. The van der Waals surface area contributed by atoms with Crippen LogP contribution in [0.4, 0.5) is 17.6 Å². The van der Waals surface area contributed by atoms with Crippen molar-refractivity contribution in [1.29, 1.82) is 0 Å². The first kappa shape index (κ1) is 34.8. The molecule has 0 saturated carbocycles.